The summed E-state index contributed by atoms with van der Waals surface area (Å²) in [5.41, 5.74) is 0.621. The predicted octanol–water partition coefficient (Wildman–Crippen LogP) is 3.72. The highest BCUT2D eigenvalue weighted by atomic mass is 19.4. The fourth-order valence-electron chi connectivity index (χ4n) is 2.83. The van der Waals surface area contributed by atoms with Gasteiger partial charge in [-0.25, -0.2) is 9.59 Å². The Kier molecular flexibility index (Phi) is 4.58. The van der Waals surface area contributed by atoms with E-state index in [1.807, 2.05) is 0 Å². The first-order chi connectivity index (χ1) is 12.3. The summed E-state index contributed by atoms with van der Waals surface area (Å²) in [6.45, 7) is 0.00490. The zero-order valence-corrected chi connectivity index (χ0v) is 13.4. The first-order valence-electron chi connectivity index (χ1n) is 7.71. The van der Waals surface area contributed by atoms with Crippen molar-refractivity contribution in [1.82, 2.24) is 4.90 Å². The van der Waals surface area contributed by atoms with Gasteiger partial charge in [-0.05, 0) is 29.3 Å². The quantitative estimate of drug-likeness (QED) is 0.881. The number of hydrogen-bond donors (Lipinski definition) is 1. The molecule has 0 fully saturated rings. The van der Waals surface area contributed by atoms with Crippen LogP contribution in [0, 0.1) is 0 Å². The minimum atomic E-state index is -4.57. The number of halogens is 3. The number of benzene rings is 2. The van der Waals surface area contributed by atoms with Crippen molar-refractivity contribution in [2.45, 2.75) is 25.2 Å². The second-order valence-electron chi connectivity index (χ2n) is 5.85. The molecule has 0 aliphatic carbocycles. The molecule has 1 unspecified atom stereocenters. The number of carbonyl (C=O) groups is 2. The Morgan fingerprint density at radius 1 is 1.08 bits per heavy atom. The number of hydrogen-bond acceptors (Lipinski definition) is 3. The van der Waals surface area contributed by atoms with Crippen LogP contribution in [0.4, 0.5) is 18.0 Å². The number of carboxylic acid groups (broad SMARTS) is 1. The molecule has 1 aliphatic rings. The normalized spacial score (nSPS) is 16.7. The summed E-state index contributed by atoms with van der Waals surface area (Å²) in [5.74, 6) is -1.51. The second kappa shape index (κ2) is 6.70. The molecule has 2 aromatic carbocycles. The molecule has 2 aromatic rings. The Bertz CT molecular complexity index is 850. The second-order valence-corrected chi connectivity index (χ2v) is 5.85. The van der Waals surface area contributed by atoms with Gasteiger partial charge in [0.05, 0.1) is 12.1 Å². The Morgan fingerprint density at radius 2 is 1.77 bits per heavy atom. The lowest BCUT2D eigenvalue weighted by Crippen LogP contribution is -2.49. The van der Waals surface area contributed by atoms with E-state index in [9.17, 15) is 27.9 Å². The fraction of sp³-hybridized carbons (Fsp3) is 0.222. The molecule has 0 bridgehead atoms. The van der Waals surface area contributed by atoms with Crippen molar-refractivity contribution < 1.29 is 32.6 Å². The van der Waals surface area contributed by atoms with Crippen LogP contribution in [0.5, 0.6) is 5.75 Å². The maximum atomic E-state index is 12.8. The first-order valence-corrected chi connectivity index (χ1v) is 7.71. The molecule has 0 saturated carbocycles. The number of rotatable bonds is 2. The molecule has 5 nitrogen and oxygen atoms in total. The summed E-state index contributed by atoms with van der Waals surface area (Å²) in [4.78, 5) is 24.9. The molecule has 0 saturated heterocycles. The lowest BCUT2D eigenvalue weighted by molar-refractivity contribution is -0.143. The van der Waals surface area contributed by atoms with E-state index in [4.69, 9.17) is 4.74 Å². The lowest BCUT2D eigenvalue weighted by atomic mass is 9.94. The van der Waals surface area contributed by atoms with Crippen LogP contribution < -0.4 is 4.74 Å². The SMILES string of the molecule is O=C(O)C1Cc2ccccc2CN1C(=O)Oc1cccc(C(F)(F)F)c1. The molecule has 26 heavy (non-hydrogen) atoms. The predicted molar refractivity (Wildman–Crippen MR) is 84.6 cm³/mol. The van der Waals surface area contributed by atoms with E-state index in [2.05, 4.69) is 0 Å². The van der Waals surface area contributed by atoms with Crippen molar-refractivity contribution in [3.63, 3.8) is 0 Å². The van der Waals surface area contributed by atoms with Crippen molar-refractivity contribution in [1.29, 1.82) is 0 Å². The third-order valence-corrected chi connectivity index (χ3v) is 4.13. The largest absolute Gasteiger partial charge is 0.480 e. The Balaban J connectivity index is 1.83. The molecule has 0 aromatic heterocycles. The minimum Gasteiger partial charge on any atom is -0.480 e. The lowest BCUT2D eigenvalue weighted by Gasteiger charge is -2.33. The number of fused-ring (bicyclic) bond motifs is 1. The molecular formula is C18H14F3NO4. The van der Waals surface area contributed by atoms with Crippen LogP contribution in [0.2, 0.25) is 0 Å². The van der Waals surface area contributed by atoms with Gasteiger partial charge in [0.15, 0.2) is 0 Å². The average molecular weight is 365 g/mol. The van der Waals surface area contributed by atoms with E-state index in [-0.39, 0.29) is 18.7 Å². The number of carboxylic acids is 1. The molecule has 3 rings (SSSR count). The topological polar surface area (TPSA) is 66.8 Å². The molecule has 0 spiro atoms. The summed E-state index contributed by atoms with van der Waals surface area (Å²) in [5, 5.41) is 9.40. The maximum absolute atomic E-state index is 12.8. The zero-order chi connectivity index (χ0) is 18.9. The molecule has 1 amide bonds. The molecule has 1 heterocycles. The fourth-order valence-corrected chi connectivity index (χ4v) is 2.83. The van der Waals surface area contributed by atoms with E-state index in [1.165, 1.54) is 6.07 Å². The van der Waals surface area contributed by atoms with Crippen LogP contribution in [-0.4, -0.2) is 28.1 Å². The van der Waals surface area contributed by atoms with Gasteiger partial charge in [-0.15, -0.1) is 0 Å². The number of alkyl halides is 3. The van der Waals surface area contributed by atoms with Gasteiger partial charge in [0.2, 0.25) is 0 Å². The van der Waals surface area contributed by atoms with Gasteiger partial charge >= 0.3 is 18.2 Å². The van der Waals surface area contributed by atoms with Crippen molar-refractivity contribution in [2.75, 3.05) is 0 Å². The number of nitrogens with zero attached hydrogens (tertiary/aromatic N) is 1. The van der Waals surface area contributed by atoms with Crippen LogP contribution in [-0.2, 0) is 23.9 Å². The molecule has 0 radical (unpaired) electrons. The molecule has 1 atom stereocenters. The number of aliphatic carboxylic acids is 1. The summed E-state index contributed by atoms with van der Waals surface area (Å²) in [6.07, 6.45) is -5.48. The zero-order valence-electron chi connectivity index (χ0n) is 13.4. The van der Waals surface area contributed by atoms with Crippen molar-refractivity contribution in [3.05, 3.63) is 65.2 Å². The minimum absolute atomic E-state index is 0.00490. The molecule has 1 aliphatic heterocycles. The monoisotopic (exact) mass is 365 g/mol. The third-order valence-electron chi connectivity index (χ3n) is 4.13. The maximum Gasteiger partial charge on any atom is 0.416 e. The van der Waals surface area contributed by atoms with Gasteiger partial charge in [-0.1, -0.05) is 30.3 Å². The molecule has 8 heteroatoms. The Hall–Kier alpha value is -3.03. The van der Waals surface area contributed by atoms with Crippen LogP contribution in [0.1, 0.15) is 16.7 Å². The molecular weight excluding hydrogens is 351 g/mol. The Labute approximate surface area is 146 Å². The Morgan fingerprint density at radius 3 is 2.42 bits per heavy atom. The van der Waals surface area contributed by atoms with Gasteiger partial charge in [0, 0.05) is 6.42 Å². The van der Waals surface area contributed by atoms with E-state index in [1.54, 1.807) is 24.3 Å². The molecule has 136 valence electrons. The highest BCUT2D eigenvalue weighted by Crippen LogP contribution is 2.32. The molecule has 1 N–H and O–H groups in total. The standard InChI is InChI=1S/C18H14F3NO4/c19-18(20,21)13-6-3-7-14(9-13)26-17(25)22-10-12-5-2-1-4-11(12)8-15(22)16(23)24/h1-7,9,15H,8,10H2,(H,23,24). The number of amides is 1. The highest BCUT2D eigenvalue weighted by Gasteiger charge is 2.36. The van der Waals surface area contributed by atoms with Gasteiger partial charge < -0.3 is 9.84 Å². The van der Waals surface area contributed by atoms with Crippen molar-refractivity contribution >= 4 is 12.1 Å². The van der Waals surface area contributed by atoms with Gasteiger partial charge in [-0.2, -0.15) is 13.2 Å². The van der Waals surface area contributed by atoms with E-state index in [0.29, 0.717) is 6.07 Å². The van der Waals surface area contributed by atoms with Crippen molar-refractivity contribution in [2.24, 2.45) is 0 Å². The van der Waals surface area contributed by atoms with Gasteiger partial charge in [0.25, 0.3) is 0 Å². The van der Waals surface area contributed by atoms with Crippen LogP contribution in [0.3, 0.4) is 0 Å². The average Bonchev–Trinajstić information content (AvgIpc) is 2.60. The third kappa shape index (κ3) is 3.63. The summed E-state index contributed by atoms with van der Waals surface area (Å²) in [7, 11) is 0. The van der Waals surface area contributed by atoms with E-state index in [0.717, 1.165) is 28.2 Å². The van der Waals surface area contributed by atoms with Crippen LogP contribution in [0.15, 0.2) is 48.5 Å². The van der Waals surface area contributed by atoms with Crippen molar-refractivity contribution in [3.8, 4) is 5.75 Å². The number of carbonyl (C=O) groups excluding carboxylic acids is 1. The van der Waals surface area contributed by atoms with Crippen LogP contribution in [0.25, 0.3) is 0 Å². The van der Waals surface area contributed by atoms with E-state index < -0.39 is 29.8 Å². The van der Waals surface area contributed by atoms with Gasteiger partial charge in [-0.3, -0.25) is 4.90 Å². The summed E-state index contributed by atoms with van der Waals surface area (Å²) < 4.78 is 43.3. The smallest absolute Gasteiger partial charge is 0.416 e. The first kappa shape index (κ1) is 17.8. The summed E-state index contributed by atoms with van der Waals surface area (Å²) >= 11 is 0. The van der Waals surface area contributed by atoms with Crippen LogP contribution >= 0.6 is 0 Å². The summed E-state index contributed by atoms with van der Waals surface area (Å²) in [6, 6.07) is 9.80. The number of ether oxygens (including phenoxy) is 1. The van der Waals surface area contributed by atoms with E-state index >= 15 is 0 Å². The van der Waals surface area contributed by atoms with Gasteiger partial charge in [0.1, 0.15) is 11.8 Å². The highest BCUT2D eigenvalue weighted by molar-refractivity contribution is 5.82.